The Hall–Kier alpha value is -3.07. The van der Waals surface area contributed by atoms with Gasteiger partial charge in [-0.05, 0) is 6.07 Å². The van der Waals surface area contributed by atoms with Crippen LogP contribution in [-0.2, 0) is 6.61 Å². The van der Waals surface area contributed by atoms with Gasteiger partial charge in [0.25, 0.3) is 17.4 Å². The highest BCUT2D eigenvalue weighted by Crippen LogP contribution is 2.27. The van der Waals surface area contributed by atoms with Gasteiger partial charge in [-0.25, -0.2) is 8.78 Å². The Morgan fingerprint density at radius 3 is 2.52 bits per heavy atom. The van der Waals surface area contributed by atoms with Crippen LogP contribution in [0.25, 0.3) is 5.69 Å². The maximum Gasteiger partial charge on any atom is 0.262 e. The molecule has 1 aliphatic rings. The van der Waals surface area contributed by atoms with Gasteiger partial charge in [-0.2, -0.15) is 0 Å². The zero-order valence-corrected chi connectivity index (χ0v) is 11.4. The summed E-state index contributed by atoms with van der Waals surface area (Å²) in [5.74, 6) is -4.84. The molecule has 0 unspecified atom stereocenters. The quantitative estimate of drug-likeness (QED) is 0.677. The number of rotatable bonds is 2. The van der Waals surface area contributed by atoms with Crippen LogP contribution in [-0.4, -0.2) is 21.5 Å². The monoisotopic (exact) mass is 321 g/mol. The van der Waals surface area contributed by atoms with Gasteiger partial charge in [-0.15, -0.1) is 0 Å². The Morgan fingerprint density at radius 2 is 1.87 bits per heavy atom. The number of pyridine rings is 1. The summed E-state index contributed by atoms with van der Waals surface area (Å²) < 4.78 is 28.2. The second-order valence-electron chi connectivity index (χ2n) is 4.80. The molecule has 0 aliphatic carbocycles. The average molecular weight is 321 g/mol. The summed E-state index contributed by atoms with van der Waals surface area (Å²) in [6.07, 6.45) is 0. The maximum atomic E-state index is 14.2. The molecular weight excluding hydrogens is 312 g/mol. The number of nitrogen functional groups attached to an aromatic ring is 1. The van der Waals surface area contributed by atoms with E-state index in [0.29, 0.717) is 4.57 Å². The van der Waals surface area contributed by atoms with Crippen molar-refractivity contribution < 1.29 is 23.5 Å². The van der Waals surface area contributed by atoms with E-state index >= 15 is 0 Å². The molecule has 7 nitrogen and oxygen atoms in total. The summed E-state index contributed by atoms with van der Waals surface area (Å²) in [5, 5.41) is 11.2. The van der Waals surface area contributed by atoms with E-state index in [1.165, 1.54) is 0 Å². The number of halogens is 2. The molecule has 2 aromatic rings. The molecule has 0 fully saturated rings. The van der Waals surface area contributed by atoms with Crippen LogP contribution in [0.15, 0.2) is 23.0 Å². The fraction of sp³-hybridized carbons (Fsp3) is 0.0714. The topological polar surface area (TPSA) is 114 Å². The molecule has 118 valence electrons. The van der Waals surface area contributed by atoms with E-state index in [2.05, 4.69) is 0 Å². The predicted octanol–water partition coefficient (Wildman–Crippen LogP) is 0.0738. The van der Waals surface area contributed by atoms with Gasteiger partial charge in [0, 0.05) is 11.6 Å². The minimum Gasteiger partial charge on any atom is -0.392 e. The predicted molar refractivity (Wildman–Crippen MR) is 74.1 cm³/mol. The highest BCUT2D eigenvalue weighted by molar-refractivity contribution is 6.23. The number of nitrogens with one attached hydrogen (secondary N) is 1. The van der Waals surface area contributed by atoms with E-state index in [1.807, 2.05) is 5.32 Å². The number of fused-ring (bicyclic) bond motifs is 1. The van der Waals surface area contributed by atoms with Gasteiger partial charge in [0.2, 0.25) is 0 Å². The zero-order valence-electron chi connectivity index (χ0n) is 11.4. The summed E-state index contributed by atoms with van der Waals surface area (Å²) in [6.45, 7) is -0.694. The average Bonchev–Trinajstić information content (AvgIpc) is 2.78. The SMILES string of the molecule is Nc1c2c(cc(=O)n1-c1c(CO)ccc(F)c1F)C(=O)NC2=O. The van der Waals surface area contributed by atoms with E-state index in [0.717, 1.165) is 18.2 Å². The molecule has 0 spiro atoms. The van der Waals surface area contributed by atoms with Crippen LogP contribution in [0.4, 0.5) is 14.6 Å². The third kappa shape index (κ3) is 2.01. The number of nitrogens with two attached hydrogens (primary N) is 1. The third-order valence-corrected chi connectivity index (χ3v) is 3.50. The number of anilines is 1. The van der Waals surface area contributed by atoms with Crippen molar-refractivity contribution in [3.05, 3.63) is 56.9 Å². The number of imide groups is 1. The van der Waals surface area contributed by atoms with Crippen molar-refractivity contribution in [2.45, 2.75) is 6.61 Å². The Bertz CT molecular complexity index is 937. The molecule has 2 heterocycles. The fourth-order valence-corrected chi connectivity index (χ4v) is 2.46. The van der Waals surface area contributed by atoms with Crippen molar-refractivity contribution in [1.29, 1.82) is 0 Å². The molecule has 1 aromatic heterocycles. The van der Waals surface area contributed by atoms with Crippen molar-refractivity contribution in [1.82, 2.24) is 9.88 Å². The van der Waals surface area contributed by atoms with E-state index in [1.54, 1.807) is 0 Å². The molecule has 4 N–H and O–H groups in total. The van der Waals surface area contributed by atoms with E-state index in [-0.39, 0.29) is 16.7 Å². The number of aliphatic hydroxyl groups excluding tert-OH is 1. The Kier molecular flexibility index (Phi) is 3.22. The maximum absolute atomic E-state index is 14.2. The van der Waals surface area contributed by atoms with E-state index in [4.69, 9.17) is 5.73 Å². The smallest absolute Gasteiger partial charge is 0.262 e. The van der Waals surface area contributed by atoms with Crippen molar-refractivity contribution in [2.75, 3.05) is 5.73 Å². The zero-order chi connectivity index (χ0) is 16.9. The van der Waals surface area contributed by atoms with Crippen LogP contribution in [0.2, 0.25) is 0 Å². The number of aromatic nitrogens is 1. The lowest BCUT2D eigenvalue weighted by Crippen LogP contribution is -2.26. The normalized spacial score (nSPS) is 13.2. The summed E-state index contributed by atoms with van der Waals surface area (Å²) in [6, 6.07) is 2.67. The van der Waals surface area contributed by atoms with Gasteiger partial charge in [-0.1, -0.05) is 6.07 Å². The second kappa shape index (κ2) is 4.99. The van der Waals surface area contributed by atoms with Crippen molar-refractivity contribution in [3.63, 3.8) is 0 Å². The first kappa shape index (κ1) is 14.9. The molecule has 0 bridgehead atoms. The molecule has 0 radical (unpaired) electrons. The lowest BCUT2D eigenvalue weighted by atomic mass is 10.1. The highest BCUT2D eigenvalue weighted by Gasteiger charge is 2.33. The van der Waals surface area contributed by atoms with Crippen molar-refractivity contribution in [3.8, 4) is 5.69 Å². The standard InChI is InChI=1S/C14H9F2N3O4/c15-7-2-1-5(4-20)11(10(7)16)19-8(21)3-6-9(12(19)17)14(23)18-13(6)22/h1-3,20H,4,17H2,(H,18,22,23). The summed E-state index contributed by atoms with van der Waals surface area (Å²) in [4.78, 5) is 35.5. The van der Waals surface area contributed by atoms with E-state index in [9.17, 15) is 28.3 Å². The molecule has 9 heteroatoms. The van der Waals surface area contributed by atoms with E-state index < -0.39 is 47.1 Å². The Labute approximate surface area is 127 Å². The first-order chi connectivity index (χ1) is 10.9. The van der Waals surface area contributed by atoms with Crippen molar-refractivity contribution in [2.24, 2.45) is 0 Å². The summed E-state index contributed by atoms with van der Waals surface area (Å²) in [7, 11) is 0. The number of aliphatic hydroxyl groups is 1. The Balaban J connectivity index is 2.43. The molecule has 0 atom stereocenters. The number of benzene rings is 1. The molecule has 0 saturated heterocycles. The van der Waals surface area contributed by atoms with Crippen LogP contribution in [0.5, 0.6) is 0 Å². The number of hydrogen-bond donors (Lipinski definition) is 3. The van der Waals surface area contributed by atoms with Crippen LogP contribution in [0, 0.1) is 11.6 Å². The van der Waals surface area contributed by atoms with Gasteiger partial charge in [0.1, 0.15) is 5.82 Å². The third-order valence-electron chi connectivity index (χ3n) is 3.50. The number of nitrogens with zero attached hydrogens (tertiary/aromatic N) is 1. The second-order valence-corrected chi connectivity index (χ2v) is 4.80. The largest absolute Gasteiger partial charge is 0.392 e. The minimum atomic E-state index is -1.41. The lowest BCUT2D eigenvalue weighted by Gasteiger charge is -2.15. The molecule has 2 amide bonds. The van der Waals surface area contributed by atoms with Crippen LogP contribution < -0.4 is 16.6 Å². The van der Waals surface area contributed by atoms with Gasteiger partial charge in [0.15, 0.2) is 11.6 Å². The number of carbonyl (C=O) groups is 2. The van der Waals surface area contributed by atoms with Gasteiger partial charge >= 0.3 is 0 Å². The molecule has 0 saturated carbocycles. The summed E-state index contributed by atoms with van der Waals surface area (Å²) in [5.41, 5.74) is 3.54. The Morgan fingerprint density at radius 1 is 1.17 bits per heavy atom. The number of carbonyl (C=O) groups excluding carboxylic acids is 2. The van der Waals surface area contributed by atoms with Crippen LogP contribution >= 0.6 is 0 Å². The molecule has 3 rings (SSSR count). The molecular formula is C14H9F2N3O4. The van der Waals surface area contributed by atoms with Gasteiger partial charge in [0.05, 0.1) is 23.4 Å². The minimum absolute atomic E-state index is 0.109. The number of hydrogen-bond acceptors (Lipinski definition) is 5. The first-order valence-corrected chi connectivity index (χ1v) is 6.36. The van der Waals surface area contributed by atoms with Gasteiger partial charge in [-0.3, -0.25) is 24.3 Å². The first-order valence-electron chi connectivity index (χ1n) is 6.36. The van der Waals surface area contributed by atoms with Crippen molar-refractivity contribution >= 4 is 17.6 Å². The number of amides is 2. The highest BCUT2D eigenvalue weighted by atomic mass is 19.2. The molecule has 1 aliphatic heterocycles. The molecule has 23 heavy (non-hydrogen) atoms. The van der Waals surface area contributed by atoms with Crippen LogP contribution in [0.3, 0.4) is 0 Å². The van der Waals surface area contributed by atoms with Gasteiger partial charge < -0.3 is 10.8 Å². The molecule has 1 aromatic carbocycles. The van der Waals surface area contributed by atoms with Crippen LogP contribution in [0.1, 0.15) is 26.3 Å². The lowest BCUT2D eigenvalue weighted by molar-refractivity contribution is 0.0880. The fourth-order valence-electron chi connectivity index (χ4n) is 2.46. The summed E-state index contributed by atoms with van der Waals surface area (Å²) >= 11 is 0.